The highest BCUT2D eigenvalue weighted by Gasteiger charge is 2.30. The molecule has 0 aromatic heterocycles. The van der Waals surface area contributed by atoms with E-state index in [0.717, 1.165) is 12.1 Å². The van der Waals surface area contributed by atoms with Gasteiger partial charge in [-0.25, -0.2) is 21.5 Å². The first-order valence-corrected chi connectivity index (χ1v) is 8.11. The van der Waals surface area contributed by atoms with Crippen molar-refractivity contribution in [1.29, 1.82) is 0 Å². The molecule has 0 spiro atoms. The Morgan fingerprint density at radius 2 is 1.90 bits per heavy atom. The summed E-state index contributed by atoms with van der Waals surface area (Å²) >= 11 is 0. The molecular weight excluding hydrogens is 302 g/mol. The summed E-state index contributed by atoms with van der Waals surface area (Å²) in [7, 11) is -3.70. The molecule has 116 valence electrons. The van der Waals surface area contributed by atoms with Gasteiger partial charge in [0.2, 0.25) is 15.9 Å². The molecule has 1 aliphatic rings. The molecule has 0 unspecified atom stereocenters. The summed E-state index contributed by atoms with van der Waals surface area (Å²) in [6.07, 6.45) is 0.723. The number of carbonyl (C=O) groups is 1. The average Bonchev–Trinajstić information content (AvgIpc) is 2.42. The van der Waals surface area contributed by atoms with Crippen LogP contribution in [0, 0.1) is 17.6 Å². The largest absolute Gasteiger partial charge is 0.369 e. The first-order valence-electron chi connectivity index (χ1n) is 6.50. The molecule has 1 amide bonds. The second-order valence-electron chi connectivity index (χ2n) is 5.07. The van der Waals surface area contributed by atoms with Crippen molar-refractivity contribution < 1.29 is 22.0 Å². The molecule has 0 saturated carbocycles. The number of piperidine rings is 1. The standard InChI is InChI=1S/C13H16F2N2O3S/c14-11-2-1-10(12(15)7-11)8-21(19,20)17-5-3-9(4-6-17)13(16)18/h1-2,7,9H,3-6,8H2,(H2,16,18). The van der Waals surface area contributed by atoms with Gasteiger partial charge in [-0.15, -0.1) is 0 Å². The highest BCUT2D eigenvalue weighted by molar-refractivity contribution is 7.88. The quantitative estimate of drug-likeness (QED) is 0.899. The minimum atomic E-state index is -3.70. The molecule has 1 aromatic rings. The van der Waals surface area contributed by atoms with Crippen molar-refractivity contribution in [2.45, 2.75) is 18.6 Å². The van der Waals surface area contributed by atoms with E-state index in [0.29, 0.717) is 18.9 Å². The molecule has 8 heteroatoms. The molecule has 0 aliphatic carbocycles. The third-order valence-corrected chi connectivity index (χ3v) is 5.43. The zero-order chi connectivity index (χ0) is 15.6. The Hall–Kier alpha value is -1.54. The predicted octanol–water partition coefficient (Wildman–Crippen LogP) is 0.992. The Bertz CT molecular complexity index is 641. The molecule has 0 radical (unpaired) electrons. The van der Waals surface area contributed by atoms with Gasteiger partial charge in [-0.1, -0.05) is 6.07 Å². The van der Waals surface area contributed by atoms with E-state index < -0.39 is 33.3 Å². The van der Waals surface area contributed by atoms with E-state index in [1.165, 1.54) is 4.31 Å². The molecule has 2 rings (SSSR count). The molecule has 1 fully saturated rings. The first kappa shape index (κ1) is 15.8. The fourth-order valence-corrected chi connectivity index (χ4v) is 3.92. The number of carbonyl (C=O) groups excluding carboxylic acids is 1. The van der Waals surface area contributed by atoms with Gasteiger partial charge < -0.3 is 5.73 Å². The van der Waals surface area contributed by atoms with Gasteiger partial charge in [-0.3, -0.25) is 4.79 Å². The van der Waals surface area contributed by atoms with E-state index in [4.69, 9.17) is 5.73 Å². The highest BCUT2D eigenvalue weighted by Crippen LogP contribution is 2.22. The molecule has 1 heterocycles. The van der Waals surface area contributed by atoms with Crippen LogP contribution in [-0.4, -0.2) is 31.7 Å². The Morgan fingerprint density at radius 1 is 1.29 bits per heavy atom. The third kappa shape index (κ3) is 3.76. The van der Waals surface area contributed by atoms with E-state index >= 15 is 0 Å². The van der Waals surface area contributed by atoms with E-state index in [9.17, 15) is 22.0 Å². The van der Waals surface area contributed by atoms with Crippen molar-refractivity contribution in [3.05, 3.63) is 35.4 Å². The van der Waals surface area contributed by atoms with Crippen molar-refractivity contribution >= 4 is 15.9 Å². The monoisotopic (exact) mass is 318 g/mol. The highest BCUT2D eigenvalue weighted by atomic mass is 32.2. The Kier molecular flexibility index (Phi) is 4.58. The van der Waals surface area contributed by atoms with Crippen LogP contribution in [0.2, 0.25) is 0 Å². The number of hydrogen-bond donors (Lipinski definition) is 1. The number of halogens is 2. The number of rotatable bonds is 4. The van der Waals surface area contributed by atoms with Crippen molar-refractivity contribution in [2.24, 2.45) is 11.7 Å². The third-order valence-electron chi connectivity index (χ3n) is 3.60. The molecule has 21 heavy (non-hydrogen) atoms. The van der Waals surface area contributed by atoms with Crippen LogP contribution in [-0.2, 0) is 20.6 Å². The summed E-state index contributed by atoms with van der Waals surface area (Å²) < 4.78 is 52.0. The fraction of sp³-hybridized carbons (Fsp3) is 0.462. The molecule has 1 saturated heterocycles. The Morgan fingerprint density at radius 3 is 2.43 bits per heavy atom. The van der Waals surface area contributed by atoms with E-state index in [2.05, 4.69) is 0 Å². The lowest BCUT2D eigenvalue weighted by Crippen LogP contribution is -2.42. The van der Waals surface area contributed by atoms with Crippen LogP contribution >= 0.6 is 0 Å². The normalized spacial score (nSPS) is 17.8. The minimum Gasteiger partial charge on any atom is -0.369 e. The van der Waals surface area contributed by atoms with Gasteiger partial charge in [0.05, 0.1) is 5.75 Å². The van der Waals surface area contributed by atoms with Crippen LogP contribution in [0.1, 0.15) is 18.4 Å². The van der Waals surface area contributed by atoms with Crippen LogP contribution in [0.4, 0.5) is 8.78 Å². The topological polar surface area (TPSA) is 80.5 Å². The molecule has 2 N–H and O–H groups in total. The smallest absolute Gasteiger partial charge is 0.220 e. The number of nitrogens with zero attached hydrogens (tertiary/aromatic N) is 1. The molecule has 0 atom stereocenters. The zero-order valence-corrected chi connectivity index (χ0v) is 12.1. The van der Waals surface area contributed by atoms with Crippen molar-refractivity contribution in [1.82, 2.24) is 4.31 Å². The van der Waals surface area contributed by atoms with Gasteiger partial charge in [0.25, 0.3) is 0 Å². The first-order chi connectivity index (χ1) is 9.79. The van der Waals surface area contributed by atoms with Gasteiger partial charge in [-0.05, 0) is 18.9 Å². The molecule has 1 aliphatic heterocycles. The minimum absolute atomic E-state index is 0.0755. The van der Waals surface area contributed by atoms with Crippen molar-refractivity contribution in [2.75, 3.05) is 13.1 Å². The summed E-state index contributed by atoms with van der Waals surface area (Å²) in [5, 5.41) is 0. The van der Waals surface area contributed by atoms with Crippen LogP contribution in [0.25, 0.3) is 0 Å². The van der Waals surface area contributed by atoms with E-state index in [1.54, 1.807) is 0 Å². The van der Waals surface area contributed by atoms with E-state index in [1.807, 2.05) is 0 Å². The Labute approximate surface area is 121 Å². The zero-order valence-electron chi connectivity index (χ0n) is 11.3. The van der Waals surface area contributed by atoms with Crippen LogP contribution < -0.4 is 5.73 Å². The summed E-state index contributed by atoms with van der Waals surface area (Å²) in [6.45, 7) is 0.359. The van der Waals surface area contributed by atoms with Crippen LogP contribution in [0.3, 0.4) is 0 Å². The second kappa shape index (κ2) is 6.07. The SMILES string of the molecule is NC(=O)C1CCN(S(=O)(=O)Cc2ccc(F)cc2F)CC1. The van der Waals surface area contributed by atoms with Gasteiger partial charge in [0, 0.05) is 30.6 Å². The van der Waals surface area contributed by atoms with Crippen LogP contribution in [0.15, 0.2) is 18.2 Å². The number of amides is 1. The number of sulfonamides is 1. The molecule has 5 nitrogen and oxygen atoms in total. The maximum Gasteiger partial charge on any atom is 0.220 e. The molecule has 1 aromatic carbocycles. The summed E-state index contributed by atoms with van der Waals surface area (Å²) in [4.78, 5) is 11.0. The van der Waals surface area contributed by atoms with Gasteiger partial charge >= 0.3 is 0 Å². The van der Waals surface area contributed by atoms with Gasteiger partial charge in [0.1, 0.15) is 11.6 Å². The maximum atomic E-state index is 13.5. The summed E-state index contributed by atoms with van der Waals surface area (Å²) in [5.41, 5.74) is 5.11. The van der Waals surface area contributed by atoms with Crippen molar-refractivity contribution in [3.8, 4) is 0 Å². The summed E-state index contributed by atoms with van der Waals surface area (Å²) in [6, 6.07) is 2.80. The number of hydrogen-bond acceptors (Lipinski definition) is 3. The number of primary amides is 1. The van der Waals surface area contributed by atoms with E-state index in [-0.39, 0.29) is 24.6 Å². The molecule has 0 bridgehead atoms. The molecular formula is C13H16F2N2O3S. The lowest BCUT2D eigenvalue weighted by Gasteiger charge is -2.29. The number of benzene rings is 1. The fourth-order valence-electron chi connectivity index (χ4n) is 2.35. The lowest BCUT2D eigenvalue weighted by molar-refractivity contribution is -0.122. The maximum absolute atomic E-state index is 13.5. The Balaban J connectivity index is 2.07. The van der Waals surface area contributed by atoms with Gasteiger partial charge in [0.15, 0.2) is 0 Å². The van der Waals surface area contributed by atoms with Crippen molar-refractivity contribution in [3.63, 3.8) is 0 Å². The van der Waals surface area contributed by atoms with Crippen LogP contribution in [0.5, 0.6) is 0 Å². The average molecular weight is 318 g/mol. The summed E-state index contributed by atoms with van der Waals surface area (Å²) in [5.74, 6) is -2.92. The van der Waals surface area contributed by atoms with Gasteiger partial charge in [-0.2, -0.15) is 0 Å². The predicted molar refractivity (Wildman–Crippen MR) is 72.5 cm³/mol. The second-order valence-corrected chi connectivity index (χ2v) is 7.04. The number of nitrogens with two attached hydrogens (primary N) is 1. The lowest BCUT2D eigenvalue weighted by atomic mass is 9.98.